The third-order valence-corrected chi connectivity index (χ3v) is 5.47. The summed E-state index contributed by atoms with van der Waals surface area (Å²) >= 11 is 11.6. The molecule has 3 aromatic rings. The number of nitrogens with one attached hydrogen (secondary N) is 1. The Bertz CT molecular complexity index is 1260. The van der Waals surface area contributed by atoms with Crippen molar-refractivity contribution >= 4 is 29.1 Å². The summed E-state index contributed by atoms with van der Waals surface area (Å²) in [4.78, 5) is 25.4. The Balaban J connectivity index is 1.91. The summed E-state index contributed by atoms with van der Waals surface area (Å²) < 4.78 is 54.3. The Hall–Kier alpha value is -2.93. The maximum absolute atomic E-state index is 14.3. The lowest BCUT2D eigenvalue weighted by Gasteiger charge is -2.17. The monoisotopic (exact) mass is 536 g/mol. The topological polar surface area (TPSA) is 109 Å². The number of carbonyl (C=O) groups excluding carboxylic acids is 1. The molecule has 1 heterocycles. The minimum absolute atomic E-state index is 0.110. The summed E-state index contributed by atoms with van der Waals surface area (Å²) in [5.41, 5.74) is -1.02. The molecule has 1 unspecified atom stereocenters. The molecule has 2 atom stereocenters. The van der Waals surface area contributed by atoms with E-state index in [0.717, 1.165) is 0 Å². The van der Waals surface area contributed by atoms with Gasteiger partial charge in [0, 0.05) is 16.1 Å². The van der Waals surface area contributed by atoms with Gasteiger partial charge in [0.2, 0.25) is 5.91 Å². The van der Waals surface area contributed by atoms with Gasteiger partial charge in [0.15, 0.2) is 11.9 Å². The number of nitrogens with zero attached hydrogens (tertiary/aromatic N) is 3. The average Bonchev–Trinajstić information content (AvgIpc) is 3.09. The molecule has 1 aromatic heterocycles. The summed E-state index contributed by atoms with van der Waals surface area (Å²) in [5, 5.41) is 25.5. The highest BCUT2D eigenvalue weighted by Crippen LogP contribution is 2.25. The van der Waals surface area contributed by atoms with Crippen LogP contribution in [0.5, 0.6) is 0 Å². The molecule has 14 heteroatoms. The van der Waals surface area contributed by atoms with Crippen molar-refractivity contribution in [1.29, 1.82) is 0 Å². The minimum Gasteiger partial charge on any atom is -0.394 e. The molecule has 0 aliphatic rings. The largest absolute Gasteiger partial charge is 0.416 e. The van der Waals surface area contributed by atoms with Crippen LogP contribution in [0.2, 0.25) is 10.0 Å². The predicted octanol–water partition coefficient (Wildman–Crippen LogP) is 2.93. The van der Waals surface area contributed by atoms with Crippen molar-refractivity contribution < 1.29 is 32.6 Å². The third-order valence-electron chi connectivity index (χ3n) is 4.93. The van der Waals surface area contributed by atoms with Crippen LogP contribution >= 0.6 is 23.2 Å². The maximum atomic E-state index is 14.3. The van der Waals surface area contributed by atoms with Gasteiger partial charge in [-0.2, -0.15) is 13.2 Å². The molecule has 2 aromatic carbocycles. The first kappa shape index (κ1) is 26.7. The Morgan fingerprint density at radius 1 is 1.14 bits per heavy atom. The van der Waals surface area contributed by atoms with Crippen LogP contribution in [0.3, 0.4) is 0 Å². The quantitative estimate of drug-likeness (QED) is 0.383. The molecule has 0 saturated heterocycles. The lowest BCUT2D eigenvalue weighted by molar-refractivity contribution is -0.207. The molecule has 0 saturated carbocycles. The number of aliphatic hydroxyl groups excluding tert-OH is 2. The molecular formula is C21H18Cl2F4N4O4. The van der Waals surface area contributed by atoms with Gasteiger partial charge >= 0.3 is 11.9 Å². The number of hydrogen-bond acceptors (Lipinski definition) is 5. The smallest absolute Gasteiger partial charge is 0.394 e. The zero-order valence-electron chi connectivity index (χ0n) is 17.6. The van der Waals surface area contributed by atoms with Crippen molar-refractivity contribution in [2.45, 2.75) is 31.4 Å². The maximum Gasteiger partial charge on any atom is 0.416 e. The SMILES string of the molecule is O=C(Cn1nc(-c2ccc(Cl)cc2)n(C[C@H](O)C(F)(F)F)c1=O)NC(CO)c1cccc(Cl)c1F. The highest BCUT2D eigenvalue weighted by atomic mass is 35.5. The van der Waals surface area contributed by atoms with E-state index < -0.39 is 55.4 Å². The fraction of sp³-hybridized carbons (Fsp3) is 0.286. The van der Waals surface area contributed by atoms with Crippen LogP contribution in [-0.2, 0) is 17.9 Å². The summed E-state index contributed by atoms with van der Waals surface area (Å²) in [6, 6.07) is 8.39. The second-order valence-corrected chi connectivity index (χ2v) is 8.23. The first-order valence-corrected chi connectivity index (χ1v) is 10.7. The van der Waals surface area contributed by atoms with Crippen molar-refractivity contribution in [2.75, 3.05) is 6.61 Å². The van der Waals surface area contributed by atoms with Crippen LogP contribution in [0.4, 0.5) is 17.6 Å². The van der Waals surface area contributed by atoms with Gasteiger partial charge in [-0.3, -0.25) is 9.36 Å². The first-order chi connectivity index (χ1) is 16.4. The van der Waals surface area contributed by atoms with Crippen LogP contribution in [0, 0.1) is 5.82 Å². The minimum atomic E-state index is -5.01. The van der Waals surface area contributed by atoms with Gasteiger partial charge in [0.25, 0.3) is 0 Å². The average molecular weight is 537 g/mol. The number of carbonyl (C=O) groups is 1. The molecule has 1 amide bonds. The predicted molar refractivity (Wildman–Crippen MR) is 118 cm³/mol. The molecule has 0 radical (unpaired) electrons. The number of hydrogen-bond donors (Lipinski definition) is 3. The van der Waals surface area contributed by atoms with Crippen molar-refractivity contribution in [2.24, 2.45) is 0 Å². The van der Waals surface area contributed by atoms with Crippen LogP contribution in [-0.4, -0.2) is 49.4 Å². The molecule has 0 spiro atoms. The van der Waals surface area contributed by atoms with Gasteiger partial charge in [-0.15, -0.1) is 5.10 Å². The van der Waals surface area contributed by atoms with E-state index >= 15 is 0 Å². The molecule has 0 fully saturated rings. The Labute approximate surface area is 205 Å². The molecule has 8 nitrogen and oxygen atoms in total. The zero-order valence-corrected chi connectivity index (χ0v) is 19.1. The van der Waals surface area contributed by atoms with Crippen molar-refractivity contribution in [3.63, 3.8) is 0 Å². The molecule has 0 aliphatic carbocycles. The number of halogens is 6. The Morgan fingerprint density at radius 2 is 1.80 bits per heavy atom. The molecule has 35 heavy (non-hydrogen) atoms. The van der Waals surface area contributed by atoms with Crippen molar-refractivity contribution in [3.8, 4) is 11.4 Å². The normalized spacial score (nSPS) is 13.5. The van der Waals surface area contributed by atoms with Gasteiger partial charge < -0.3 is 15.5 Å². The van der Waals surface area contributed by atoms with E-state index in [2.05, 4.69) is 10.4 Å². The highest BCUT2D eigenvalue weighted by molar-refractivity contribution is 6.31. The van der Waals surface area contributed by atoms with E-state index in [0.29, 0.717) is 14.3 Å². The van der Waals surface area contributed by atoms with E-state index in [4.69, 9.17) is 23.2 Å². The summed E-state index contributed by atoms with van der Waals surface area (Å²) in [6.07, 6.45) is -7.88. The molecule has 0 bridgehead atoms. The van der Waals surface area contributed by atoms with Crippen LogP contribution in [0.1, 0.15) is 11.6 Å². The molecular weight excluding hydrogens is 519 g/mol. The number of rotatable bonds is 8. The van der Waals surface area contributed by atoms with E-state index in [9.17, 15) is 37.4 Å². The van der Waals surface area contributed by atoms with E-state index in [1.807, 2.05) is 0 Å². The fourth-order valence-electron chi connectivity index (χ4n) is 3.18. The van der Waals surface area contributed by atoms with Crippen LogP contribution in [0.15, 0.2) is 47.3 Å². The van der Waals surface area contributed by atoms with Gasteiger partial charge in [-0.1, -0.05) is 35.3 Å². The Kier molecular flexibility index (Phi) is 8.21. The number of benzene rings is 2. The highest BCUT2D eigenvalue weighted by Gasteiger charge is 2.39. The summed E-state index contributed by atoms with van der Waals surface area (Å²) in [6.45, 7) is -2.65. The number of amides is 1. The molecule has 3 N–H and O–H groups in total. The molecule has 3 rings (SSSR count). The van der Waals surface area contributed by atoms with Gasteiger partial charge in [0.1, 0.15) is 12.4 Å². The second kappa shape index (κ2) is 10.8. The second-order valence-electron chi connectivity index (χ2n) is 7.38. The van der Waals surface area contributed by atoms with Gasteiger partial charge in [0.05, 0.1) is 24.2 Å². The van der Waals surface area contributed by atoms with Crippen molar-refractivity contribution in [3.05, 3.63) is 74.4 Å². The third kappa shape index (κ3) is 6.20. The first-order valence-electron chi connectivity index (χ1n) is 9.94. The van der Waals surface area contributed by atoms with Gasteiger partial charge in [-0.05, 0) is 30.3 Å². The van der Waals surface area contributed by atoms with E-state index in [1.54, 1.807) is 0 Å². The Morgan fingerprint density at radius 3 is 2.40 bits per heavy atom. The van der Waals surface area contributed by atoms with Crippen LogP contribution < -0.4 is 11.0 Å². The van der Waals surface area contributed by atoms with E-state index in [1.165, 1.54) is 42.5 Å². The van der Waals surface area contributed by atoms with E-state index in [-0.39, 0.29) is 22.0 Å². The fourth-order valence-corrected chi connectivity index (χ4v) is 3.49. The van der Waals surface area contributed by atoms with Crippen molar-refractivity contribution in [1.82, 2.24) is 19.7 Å². The number of aromatic nitrogens is 3. The van der Waals surface area contributed by atoms with Crippen LogP contribution in [0.25, 0.3) is 11.4 Å². The lowest BCUT2D eigenvalue weighted by Crippen LogP contribution is -2.39. The summed E-state index contributed by atoms with van der Waals surface area (Å²) in [7, 11) is 0. The molecule has 188 valence electrons. The summed E-state index contributed by atoms with van der Waals surface area (Å²) in [5.74, 6) is -2.00. The number of alkyl halides is 3. The number of aliphatic hydroxyl groups is 2. The molecule has 0 aliphatic heterocycles. The standard InChI is InChI=1S/C21H18Cl2F4N4O4/c22-12-6-4-11(5-7-12)19-29-31(20(35)30(19)8-16(33)21(25,26)27)9-17(34)28-15(10-32)13-2-1-3-14(23)18(13)24/h1-7,15-16,32-33H,8-10H2,(H,28,34)/t15?,16-/m0/s1. The lowest BCUT2D eigenvalue weighted by atomic mass is 10.1. The zero-order chi connectivity index (χ0) is 25.9. The van der Waals surface area contributed by atoms with Gasteiger partial charge in [-0.25, -0.2) is 13.9 Å².